The van der Waals surface area contributed by atoms with Crippen molar-refractivity contribution >= 4 is 22.3 Å². The van der Waals surface area contributed by atoms with Crippen LogP contribution in [0.4, 0.5) is 28.9 Å². The van der Waals surface area contributed by atoms with Gasteiger partial charge in [0.2, 0.25) is 0 Å². The van der Waals surface area contributed by atoms with Crippen LogP contribution in [0.5, 0.6) is 0 Å². The molecule has 2 rings (SSSR count). The molecular weight excluding hydrogens is 262 g/mol. The van der Waals surface area contributed by atoms with Crippen molar-refractivity contribution in [3.05, 3.63) is 30.5 Å². The Morgan fingerprint density at radius 2 is 2.00 bits per heavy atom. The molecule has 0 aliphatic heterocycles. The Kier molecular flexibility index (Phi) is 3.46. The van der Waals surface area contributed by atoms with Crippen molar-refractivity contribution in [1.29, 1.82) is 0 Å². The highest BCUT2D eigenvalue weighted by molar-refractivity contribution is 5.92. The number of pyridine rings is 1. The second-order valence-electron chi connectivity index (χ2n) is 4.05. The van der Waals surface area contributed by atoms with E-state index in [2.05, 4.69) is 10.3 Å². The molecule has 0 fully saturated rings. The molecule has 1 aromatic carbocycles. The number of fused-ring (bicyclic) bond motifs is 1. The molecule has 3 N–H and O–H groups in total. The molecule has 0 bridgehead atoms. The van der Waals surface area contributed by atoms with Crippen LogP contribution in [-0.4, -0.2) is 23.9 Å². The first-order chi connectivity index (χ1) is 8.90. The van der Waals surface area contributed by atoms with Crippen molar-refractivity contribution in [2.75, 3.05) is 17.6 Å². The normalized spacial score (nSPS) is 12.1. The SMILES string of the molecule is Nc1ccc2c(NCC(F)(F)C(F)F)ccnc2c1. The summed E-state index contributed by atoms with van der Waals surface area (Å²) in [6.07, 6.45) is -2.31. The number of anilines is 2. The van der Waals surface area contributed by atoms with E-state index in [1.54, 1.807) is 18.2 Å². The zero-order valence-corrected chi connectivity index (χ0v) is 9.71. The van der Waals surface area contributed by atoms with Crippen LogP contribution in [0.15, 0.2) is 30.5 Å². The number of halogens is 4. The fourth-order valence-corrected chi connectivity index (χ4v) is 1.61. The van der Waals surface area contributed by atoms with Crippen LogP contribution in [0.25, 0.3) is 10.9 Å². The highest BCUT2D eigenvalue weighted by Gasteiger charge is 2.40. The highest BCUT2D eigenvalue weighted by atomic mass is 19.3. The topological polar surface area (TPSA) is 50.9 Å². The smallest absolute Gasteiger partial charge is 0.324 e. The summed E-state index contributed by atoms with van der Waals surface area (Å²) in [4.78, 5) is 4.03. The standard InChI is InChI=1S/C12H11F4N3/c13-11(14)12(15,16)6-19-9-3-4-18-10-5-7(17)1-2-8(9)10/h1-5,11H,6,17H2,(H,18,19). The summed E-state index contributed by atoms with van der Waals surface area (Å²) in [6, 6.07) is 6.20. The monoisotopic (exact) mass is 273 g/mol. The molecule has 7 heteroatoms. The third kappa shape index (κ3) is 2.86. The van der Waals surface area contributed by atoms with Gasteiger partial charge in [-0.2, -0.15) is 8.78 Å². The van der Waals surface area contributed by atoms with Gasteiger partial charge >= 0.3 is 12.3 Å². The van der Waals surface area contributed by atoms with Gasteiger partial charge in [-0.1, -0.05) is 0 Å². The van der Waals surface area contributed by atoms with Crippen LogP contribution >= 0.6 is 0 Å². The third-order valence-electron chi connectivity index (χ3n) is 2.60. The fourth-order valence-electron chi connectivity index (χ4n) is 1.61. The molecule has 0 unspecified atom stereocenters. The first-order valence-corrected chi connectivity index (χ1v) is 5.44. The van der Waals surface area contributed by atoms with E-state index < -0.39 is 18.9 Å². The van der Waals surface area contributed by atoms with E-state index in [4.69, 9.17) is 5.73 Å². The van der Waals surface area contributed by atoms with Gasteiger partial charge in [0, 0.05) is 23.0 Å². The number of hydrogen-bond acceptors (Lipinski definition) is 3. The van der Waals surface area contributed by atoms with Gasteiger partial charge in [0.1, 0.15) is 0 Å². The molecule has 0 saturated carbocycles. The molecule has 1 heterocycles. The molecule has 2 aromatic rings. The molecule has 19 heavy (non-hydrogen) atoms. The van der Waals surface area contributed by atoms with Crippen molar-refractivity contribution in [1.82, 2.24) is 4.98 Å². The minimum atomic E-state index is -4.08. The maximum atomic E-state index is 12.8. The molecule has 102 valence electrons. The summed E-state index contributed by atoms with van der Waals surface area (Å²) in [5, 5.41) is 2.86. The van der Waals surface area contributed by atoms with E-state index in [-0.39, 0.29) is 0 Å². The van der Waals surface area contributed by atoms with Crippen LogP contribution in [0.2, 0.25) is 0 Å². The average molecular weight is 273 g/mol. The quantitative estimate of drug-likeness (QED) is 0.664. The molecule has 0 spiro atoms. The maximum absolute atomic E-state index is 12.8. The van der Waals surface area contributed by atoms with Crippen LogP contribution in [0.1, 0.15) is 0 Å². The van der Waals surface area contributed by atoms with E-state index in [1.807, 2.05) is 0 Å². The number of nitrogen functional groups attached to an aromatic ring is 1. The average Bonchev–Trinajstić information content (AvgIpc) is 2.35. The molecular formula is C12H11F4N3. The van der Waals surface area contributed by atoms with Gasteiger partial charge in [-0.3, -0.25) is 4.98 Å². The molecule has 3 nitrogen and oxygen atoms in total. The lowest BCUT2D eigenvalue weighted by Crippen LogP contribution is -2.34. The van der Waals surface area contributed by atoms with E-state index in [0.29, 0.717) is 22.3 Å². The van der Waals surface area contributed by atoms with Crippen LogP contribution in [-0.2, 0) is 0 Å². The third-order valence-corrected chi connectivity index (χ3v) is 2.60. The first kappa shape index (κ1) is 13.4. The zero-order valence-electron chi connectivity index (χ0n) is 9.71. The predicted octanol–water partition coefficient (Wildman–Crippen LogP) is 3.13. The number of hydrogen-bond donors (Lipinski definition) is 2. The van der Waals surface area contributed by atoms with Crippen molar-refractivity contribution in [3.8, 4) is 0 Å². The Morgan fingerprint density at radius 3 is 2.68 bits per heavy atom. The molecule has 0 atom stereocenters. The molecule has 1 aromatic heterocycles. The Hall–Kier alpha value is -2.05. The van der Waals surface area contributed by atoms with Gasteiger partial charge in [-0.05, 0) is 24.3 Å². The predicted molar refractivity (Wildman–Crippen MR) is 65.6 cm³/mol. The number of benzene rings is 1. The number of nitrogens with zero attached hydrogens (tertiary/aromatic N) is 1. The molecule has 0 saturated heterocycles. The Labute approximate surface area is 106 Å². The molecule has 0 radical (unpaired) electrons. The summed E-state index contributed by atoms with van der Waals surface area (Å²) in [5.41, 5.74) is 6.87. The number of nitrogens with one attached hydrogen (secondary N) is 1. The second-order valence-corrected chi connectivity index (χ2v) is 4.05. The molecule has 0 aliphatic carbocycles. The van der Waals surface area contributed by atoms with Crippen molar-refractivity contribution < 1.29 is 17.6 Å². The van der Waals surface area contributed by atoms with Crippen molar-refractivity contribution in [2.24, 2.45) is 0 Å². The van der Waals surface area contributed by atoms with E-state index in [0.717, 1.165) is 0 Å². The summed E-state index contributed by atoms with van der Waals surface area (Å²) >= 11 is 0. The second kappa shape index (κ2) is 4.91. The van der Waals surface area contributed by atoms with Crippen molar-refractivity contribution in [3.63, 3.8) is 0 Å². The Morgan fingerprint density at radius 1 is 1.26 bits per heavy atom. The number of alkyl halides is 4. The highest BCUT2D eigenvalue weighted by Crippen LogP contribution is 2.27. The molecule has 0 amide bonds. The van der Waals surface area contributed by atoms with E-state index in [1.165, 1.54) is 12.3 Å². The lowest BCUT2D eigenvalue weighted by Gasteiger charge is -2.17. The van der Waals surface area contributed by atoms with Gasteiger partial charge in [0.25, 0.3) is 0 Å². The minimum Gasteiger partial charge on any atom is -0.399 e. The van der Waals surface area contributed by atoms with Crippen LogP contribution in [0.3, 0.4) is 0 Å². The van der Waals surface area contributed by atoms with E-state index >= 15 is 0 Å². The summed E-state index contributed by atoms with van der Waals surface area (Å²) in [6.45, 7) is -1.14. The van der Waals surface area contributed by atoms with Gasteiger partial charge in [0.05, 0.1) is 12.1 Å². The minimum absolute atomic E-state index is 0.310. The summed E-state index contributed by atoms with van der Waals surface area (Å²) < 4.78 is 49.8. The lowest BCUT2D eigenvalue weighted by atomic mass is 10.1. The van der Waals surface area contributed by atoms with Crippen LogP contribution < -0.4 is 11.1 Å². The fraction of sp³-hybridized carbons (Fsp3) is 0.250. The number of nitrogens with two attached hydrogens (primary N) is 1. The Bertz CT molecular complexity index is 586. The maximum Gasteiger partial charge on any atom is 0.324 e. The van der Waals surface area contributed by atoms with Gasteiger partial charge in [-0.25, -0.2) is 8.78 Å². The van der Waals surface area contributed by atoms with Gasteiger partial charge in [0.15, 0.2) is 0 Å². The number of rotatable bonds is 4. The first-order valence-electron chi connectivity index (χ1n) is 5.44. The van der Waals surface area contributed by atoms with Gasteiger partial charge < -0.3 is 11.1 Å². The largest absolute Gasteiger partial charge is 0.399 e. The Balaban J connectivity index is 2.26. The van der Waals surface area contributed by atoms with Gasteiger partial charge in [-0.15, -0.1) is 0 Å². The van der Waals surface area contributed by atoms with Crippen LogP contribution in [0, 0.1) is 0 Å². The lowest BCUT2D eigenvalue weighted by molar-refractivity contribution is -0.117. The molecule has 0 aliphatic rings. The summed E-state index contributed by atoms with van der Waals surface area (Å²) in [7, 11) is 0. The van der Waals surface area contributed by atoms with Crippen molar-refractivity contribution in [2.45, 2.75) is 12.3 Å². The number of aromatic nitrogens is 1. The zero-order chi connectivity index (χ0) is 14.0. The summed E-state index contributed by atoms with van der Waals surface area (Å²) in [5.74, 6) is -4.08. The van der Waals surface area contributed by atoms with E-state index in [9.17, 15) is 17.6 Å².